The third kappa shape index (κ3) is 6.93. The maximum absolute atomic E-state index is 16.4. The highest BCUT2D eigenvalue weighted by Gasteiger charge is 2.46. The zero-order valence-electron chi connectivity index (χ0n) is 33.4. The van der Waals surface area contributed by atoms with Gasteiger partial charge in [0.25, 0.3) is 0 Å². The number of ether oxygens (including phenoxy) is 1. The van der Waals surface area contributed by atoms with E-state index < -0.39 is 35.4 Å². The maximum Gasteiger partial charge on any atom is 0.354 e. The fourth-order valence-corrected chi connectivity index (χ4v) is 11.2. The number of carbonyl (C=O) groups excluding carboxylic acids is 1. The van der Waals surface area contributed by atoms with E-state index in [9.17, 15) is 4.79 Å². The smallest absolute Gasteiger partial charge is 0.354 e. The van der Waals surface area contributed by atoms with Gasteiger partial charge in [0.05, 0.1) is 19.3 Å². The molecule has 2 unspecified atom stereocenters. The molecule has 292 valence electrons. The molecule has 2 atom stereocenters. The zero-order chi connectivity index (χ0) is 39.3. The van der Waals surface area contributed by atoms with Crippen molar-refractivity contribution in [2.24, 2.45) is 4.36 Å². The second-order valence-corrected chi connectivity index (χ2v) is 24.0. The first-order chi connectivity index (χ1) is 26.7. The molecule has 2 heterocycles. The first kappa shape index (κ1) is 38.3. The molecule has 4 aromatic carbocycles. The van der Waals surface area contributed by atoms with Crippen LogP contribution in [-0.4, -0.2) is 40.5 Å². The Hall–Kier alpha value is -4.55. The largest absolute Gasteiger partial charge is 0.466 e. The van der Waals surface area contributed by atoms with Gasteiger partial charge in [-0.25, -0.2) is 18.4 Å². The average molecular weight is 788 g/mol. The van der Waals surface area contributed by atoms with Gasteiger partial charge in [-0.1, -0.05) is 118 Å². The minimum atomic E-state index is -3.89. The molecule has 0 radical (unpaired) electrons. The molecule has 0 bridgehead atoms. The molecule has 9 nitrogen and oxygen atoms in total. The maximum atomic E-state index is 16.4. The number of hydrogen-bond acceptors (Lipinski definition) is 5. The summed E-state index contributed by atoms with van der Waals surface area (Å²) in [7, 11) is -6.01. The first-order valence-electron chi connectivity index (χ1n) is 19.8. The normalized spacial score (nSPS) is 18.8. The lowest BCUT2D eigenvalue weighted by atomic mass is 9.78. The first-order valence-corrected chi connectivity index (χ1v) is 24.2. The Morgan fingerprint density at radius 3 is 1.89 bits per heavy atom. The molecule has 1 aromatic heterocycles. The van der Waals surface area contributed by atoms with Crippen LogP contribution in [0.3, 0.4) is 0 Å². The summed E-state index contributed by atoms with van der Waals surface area (Å²) in [6.07, 6.45) is 7.40. The van der Waals surface area contributed by atoms with E-state index in [1.54, 1.807) is 10.9 Å². The Kier molecular flexibility index (Phi) is 9.88. The van der Waals surface area contributed by atoms with Crippen molar-refractivity contribution < 1.29 is 18.2 Å². The van der Waals surface area contributed by atoms with E-state index in [0.717, 1.165) is 60.9 Å². The van der Waals surface area contributed by atoms with Crippen LogP contribution >= 0.6 is 0 Å². The van der Waals surface area contributed by atoms with E-state index in [1.807, 2.05) is 97.9 Å². The molecule has 0 saturated carbocycles. The van der Waals surface area contributed by atoms with E-state index in [-0.39, 0.29) is 9.93 Å². The van der Waals surface area contributed by atoms with E-state index in [0.29, 0.717) is 19.0 Å². The molecule has 5 aromatic rings. The van der Waals surface area contributed by atoms with Crippen molar-refractivity contribution in [1.82, 2.24) is 14.5 Å². The molecule has 2 aliphatic carbocycles. The van der Waals surface area contributed by atoms with Gasteiger partial charge < -0.3 is 14.5 Å². The van der Waals surface area contributed by atoms with Gasteiger partial charge in [0, 0.05) is 5.69 Å². The SMILES string of the molecule is CC1(CO[Si](C)(C)C(C)(C)C)Cn2ncc(S(=O)(=NC(=O)Nc3c4c(cc5c3CCC5)CCC4)NC(c3ccccc3)(c3ccccc3)c3ccccc3)c2O1. The number of hydrogen-bond donors (Lipinski definition) is 2. The Morgan fingerprint density at radius 1 is 0.875 bits per heavy atom. The zero-order valence-corrected chi connectivity index (χ0v) is 35.2. The molecule has 11 heteroatoms. The Bertz CT molecular complexity index is 2260. The molecular weight excluding hydrogens is 735 g/mol. The van der Waals surface area contributed by atoms with E-state index >= 15 is 4.21 Å². The van der Waals surface area contributed by atoms with E-state index in [1.165, 1.54) is 22.3 Å². The van der Waals surface area contributed by atoms with Gasteiger partial charge in [-0.3, -0.25) is 0 Å². The van der Waals surface area contributed by atoms with Crippen LogP contribution in [0.15, 0.2) is 113 Å². The molecule has 3 aliphatic rings. The van der Waals surface area contributed by atoms with Crippen LogP contribution < -0.4 is 14.8 Å². The lowest BCUT2D eigenvalue weighted by Crippen LogP contribution is -2.48. The second kappa shape index (κ2) is 14.4. The van der Waals surface area contributed by atoms with Gasteiger partial charge >= 0.3 is 6.03 Å². The number of carbonyl (C=O) groups is 1. The van der Waals surface area contributed by atoms with Gasteiger partial charge in [-0.2, -0.15) is 5.10 Å². The molecule has 56 heavy (non-hydrogen) atoms. The molecule has 2 N–H and O–H groups in total. The highest BCUT2D eigenvalue weighted by molar-refractivity contribution is 7.92. The van der Waals surface area contributed by atoms with Gasteiger partial charge in [-0.05, 0) is 103 Å². The molecule has 0 spiro atoms. The van der Waals surface area contributed by atoms with Gasteiger partial charge in [0.2, 0.25) is 5.88 Å². The number of nitrogens with one attached hydrogen (secondary N) is 2. The number of anilines is 1. The number of nitrogens with zero attached hydrogens (tertiary/aromatic N) is 3. The molecule has 1 aliphatic heterocycles. The lowest BCUT2D eigenvalue weighted by Gasteiger charge is -2.38. The summed E-state index contributed by atoms with van der Waals surface area (Å²) in [6, 6.07) is 31.4. The number of rotatable bonds is 10. The second-order valence-electron chi connectivity index (χ2n) is 17.3. The molecule has 0 fully saturated rings. The van der Waals surface area contributed by atoms with Gasteiger partial charge in [-0.15, -0.1) is 4.36 Å². The van der Waals surface area contributed by atoms with Crippen LogP contribution in [0.2, 0.25) is 18.1 Å². The number of urea groups is 1. The van der Waals surface area contributed by atoms with E-state index in [4.69, 9.17) is 18.6 Å². The predicted octanol–water partition coefficient (Wildman–Crippen LogP) is 9.59. The Morgan fingerprint density at radius 2 is 1.39 bits per heavy atom. The third-order valence-electron chi connectivity index (χ3n) is 12.3. The van der Waals surface area contributed by atoms with Crippen molar-refractivity contribution in [3.63, 3.8) is 0 Å². The predicted molar refractivity (Wildman–Crippen MR) is 225 cm³/mol. The molecule has 8 rings (SSSR count). The van der Waals surface area contributed by atoms with E-state index in [2.05, 4.69) is 50.0 Å². The summed E-state index contributed by atoms with van der Waals surface area (Å²) in [5, 5.41) is 7.93. The fraction of sp³-hybridized carbons (Fsp3) is 0.378. The Labute approximate surface area is 332 Å². The van der Waals surface area contributed by atoms with Crippen LogP contribution in [0.25, 0.3) is 0 Å². The van der Waals surface area contributed by atoms with Crippen molar-refractivity contribution in [3.05, 3.63) is 142 Å². The Balaban J connectivity index is 1.28. The molecule has 0 saturated heterocycles. The number of aromatic nitrogens is 2. The van der Waals surface area contributed by atoms with Crippen LogP contribution in [0.1, 0.15) is 79.5 Å². The highest BCUT2D eigenvalue weighted by atomic mass is 32.2. The molecular formula is C45H53N5O4SSi. The summed E-state index contributed by atoms with van der Waals surface area (Å²) >= 11 is 0. The van der Waals surface area contributed by atoms with Crippen molar-refractivity contribution in [2.75, 3.05) is 11.9 Å². The lowest BCUT2D eigenvalue weighted by molar-refractivity contribution is 0.0449. The number of fused-ring (bicyclic) bond motifs is 3. The minimum Gasteiger partial charge on any atom is -0.466 e. The van der Waals surface area contributed by atoms with Crippen LogP contribution in [0.4, 0.5) is 10.5 Å². The van der Waals surface area contributed by atoms with Crippen LogP contribution in [0.5, 0.6) is 5.88 Å². The summed E-state index contributed by atoms with van der Waals surface area (Å²) < 4.78 is 39.8. The minimum absolute atomic E-state index is 0.0137. The van der Waals surface area contributed by atoms with Crippen molar-refractivity contribution in [1.29, 1.82) is 0 Å². The number of benzene rings is 4. The van der Waals surface area contributed by atoms with Gasteiger partial charge in [0.1, 0.15) is 16.0 Å². The summed E-state index contributed by atoms with van der Waals surface area (Å²) in [5.41, 5.74) is 6.26. The van der Waals surface area contributed by atoms with Crippen LogP contribution in [-0.2, 0) is 52.1 Å². The average Bonchev–Trinajstić information content (AvgIpc) is 3.99. The van der Waals surface area contributed by atoms with Crippen LogP contribution in [0, 0.1) is 0 Å². The van der Waals surface area contributed by atoms with Gasteiger partial charge in [0.15, 0.2) is 18.2 Å². The molecule has 2 amide bonds. The quantitative estimate of drug-likeness (QED) is 0.108. The standard InChI is InChI=1S/C45H53N5O4SSi/c1-43(2,3)56(5,6)53-31-44(4)30-50-41(54-44)39(29-46-50)55(52,48-42(51)47-40-37-26-16-18-32(37)28-33-19-17-27-38(33)40)49-45(34-20-10-7-11-21-34,35-22-12-8-13-23-35)36-24-14-9-15-25-36/h7-15,20-25,28-29H,16-19,26-27,30-31H2,1-6H3,(H2,47,48,49,51,52). The number of amides is 2. The van der Waals surface area contributed by atoms with Crippen molar-refractivity contribution >= 4 is 30.0 Å². The highest BCUT2D eigenvalue weighted by Crippen LogP contribution is 2.44. The van der Waals surface area contributed by atoms with Crippen molar-refractivity contribution in [3.8, 4) is 5.88 Å². The van der Waals surface area contributed by atoms with Crippen molar-refractivity contribution in [2.45, 2.75) is 107 Å². The summed E-state index contributed by atoms with van der Waals surface area (Å²) in [5.74, 6) is 0.310. The fourth-order valence-electron chi connectivity index (χ4n) is 8.26. The summed E-state index contributed by atoms with van der Waals surface area (Å²) in [4.78, 5) is 14.8. The number of aryl methyl sites for hydroxylation is 2. The summed E-state index contributed by atoms with van der Waals surface area (Å²) in [6.45, 7) is 13.8. The topological polar surface area (TPSA) is 107 Å². The third-order valence-corrected chi connectivity index (χ3v) is 18.6. The monoisotopic (exact) mass is 787 g/mol.